The zero-order chi connectivity index (χ0) is 9.45. The molecule has 2 nitrogen and oxygen atoms in total. The van der Waals surface area contributed by atoms with Crippen LogP contribution in [-0.2, 0) is 0 Å². The van der Waals surface area contributed by atoms with Crippen LogP contribution in [0.2, 0.25) is 0 Å². The smallest absolute Gasteiger partial charge is 0.248 e. The van der Waals surface area contributed by atoms with E-state index in [1.54, 1.807) is 0 Å². The lowest BCUT2D eigenvalue weighted by Crippen LogP contribution is -2.17. The molecule has 1 aromatic carbocycles. The Labute approximate surface area is 82.1 Å². The summed E-state index contributed by atoms with van der Waals surface area (Å²) in [5.41, 5.74) is 8.86. The highest BCUT2D eigenvalue weighted by Crippen LogP contribution is 2.78. The van der Waals surface area contributed by atoms with Crippen molar-refractivity contribution in [1.82, 2.24) is 0 Å². The molecule has 0 unspecified atom stereocenters. The van der Waals surface area contributed by atoms with Gasteiger partial charge in [-0.3, -0.25) is 4.79 Å². The van der Waals surface area contributed by atoms with Gasteiger partial charge in [-0.05, 0) is 53.4 Å². The molecule has 4 atom stereocenters. The van der Waals surface area contributed by atoms with E-state index in [-0.39, 0.29) is 5.91 Å². The van der Waals surface area contributed by atoms with Crippen LogP contribution >= 0.6 is 0 Å². The molecule has 0 bridgehead atoms. The molecule has 0 aromatic heterocycles. The minimum absolute atomic E-state index is 0.302. The van der Waals surface area contributed by atoms with Crippen LogP contribution in [0.15, 0.2) is 18.2 Å². The standard InChI is InChI=1S/C12H11NO/c13-12(14)5-1-2-6-7(3-5)8-4-9-10(6)11(8)9/h1-3,8-11H,4H2,(H2,13,14)/t8-,9+,10+,11+/m0/s1. The van der Waals surface area contributed by atoms with Gasteiger partial charge in [0.15, 0.2) is 0 Å². The molecule has 2 saturated carbocycles. The van der Waals surface area contributed by atoms with Crippen molar-refractivity contribution in [2.45, 2.75) is 18.3 Å². The van der Waals surface area contributed by atoms with Gasteiger partial charge in [-0.1, -0.05) is 6.07 Å². The fourth-order valence-corrected chi connectivity index (χ4v) is 3.63. The van der Waals surface area contributed by atoms with Crippen molar-refractivity contribution >= 4 is 5.91 Å². The van der Waals surface area contributed by atoms with Crippen LogP contribution in [0.1, 0.15) is 39.7 Å². The Morgan fingerprint density at radius 3 is 3.00 bits per heavy atom. The van der Waals surface area contributed by atoms with Crippen LogP contribution in [0.4, 0.5) is 0 Å². The van der Waals surface area contributed by atoms with Gasteiger partial charge in [0.2, 0.25) is 5.91 Å². The Morgan fingerprint density at radius 2 is 2.21 bits per heavy atom. The summed E-state index contributed by atoms with van der Waals surface area (Å²) in [5.74, 6) is 3.24. The molecule has 0 radical (unpaired) electrons. The Bertz CT molecular complexity index is 465. The molecule has 1 amide bonds. The molecule has 4 rings (SSSR count). The first kappa shape index (κ1) is 7.04. The third-order valence-electron chi connectivity index (χ3n) is 4.35. The van der Waals surface area contributed by atoms with Crippen molar-refractivity contribution in [1.29, 1.82) is 0 Å². The second-order valence-corrected chi connectivity index (χ2v) is 4.82. The van der Waals surface area contributed by atoms with Crippen LogP contribution in [0.3, 0.4) is 0 Å². The van der Waals surface area contributed by atoms with Crippen LogP contribution in [-0.4, -0.2) is 5.91 Å². The number of amides is 1. The summed E-state index contributed by atoms with van der Waals surface area (Å²) in [4.78, 5) is 11.0. The molecule has 2 fully saturated rings. The van der Waals surface area contributed by atoms with Crippen molar-refractivity contribution in [2.75, 3.05) is 0 Å². The van der Waals surface area contributed by atoms with Gasteiger partial charge in [-0.2, -0.15) is 0 Å². The van der Waals surface area contributed by atoms with Crippen LogP contribution in [0, 0.1) is 11.8 Å². The average molecular weight is 185 g/mol. The lowest BCUT2D eigenvalue weighted by atomic mass is 9.78. The highest BCUT2D eigenvalue weighted by atomic mass is 16.1. The second-order valence-electron chi connectivity index (χ2n) is 4.82. The predicted octanol–water partition coefficient (Wildman–Crippen LogP) is 1.62. The van der Waals surface area contributed by atoms with E-state index in [0.717, 1.165) is 23.7 Å². The van der Waals surface area contributed by atoms with Gasteiger partial charge in [0.05, 0.1) is 0 Å². The maximum absolute atomic E-state index is 11.0. The number of nitrogens with two attached hydrogens (primary N) is 1. The van der Waals surface area contributed by atoms with Crippen molar-refractivity contribution < 1.29 is 4.79 Å². The fourth-order valence-electron chi connectivity index (χ4n) is 3.63. The number of rotatable bonds is 1. The van der Waals surface area contributed by atoms with Gasteiger partial charge in [0.25, 0.3) is 0 Å². The summed E-state index contributed by atoms with van der Waals surface area (Å²) < 4.78 is 0. The summed E-state index contributed by atoms with van der Waals surface area (Å²) in [6.07, 6.45) is 1.35. The molecule has 14 heavy (non-hydrogen) atoms. The number of benzene rings is 1. The van der Waals surface area contributed by atoms with E-state index >= 15 is 0 Å². The highest BCUT2D eigenvalue weighted by molar-refractivity contribution is 5.93. The zero-order valence-electron chi connectivity index (χ0n) is 7.73. The van der Waals surface area contributed by atoms with Gasteiger partial charge in [0.1, 0.15) is 0 Å². The van der Waals surface area contributed by atoms with Crippen LogP contribution < -0.4 is 5.73 Å². The SMILES string of the molecule is NC(=O)c1ccc2c(c1)[C@@H]1C[C@@H]3[C@@H]2[C@@H]31. The molecule has 0 spiro atoms. The van der Waals surface area contributed by atoms with Crippen LogP contribution in [0.25, 0.3) is 0 Å². The first-order chi connectivity index (χ1) is 6.77. The quantitative estimate of drug-likeness (QED) is 0.709. The number of fused-ring (bicyclic) bond motifs is 4. The highest BCUT2D eigenvalue weighted by Gasteiger charge is 2.68. The van der Waals surface area contributed by atoms with E-state index < -0.39 is 0 Å². The molecule has 1 aromatic rings. The summed E-state index contributed by atoms with van der Waals surface area (Å²) in [5, 5.41) is 0. The average Bonchev–Trinajstić information content (AvgIpc) is 2.62. The van der Waals surface area contributed by atoms with Gasteiger partial charge in [-0.15, -0.1) is 0 Å². The molecule has 3 aliphatic carbocycles. The Morgan fingerprint density at radius 1 is 1.36 bits per heavy atom. The van der Waals surface area contributed by atoms with Crippen molar-refractivity contribution in [3.8, 4) is 0 Å². The molecule has 0 aliphatic heterocycles. The van der Waals surface area contributed by atoms with E-state index in [1.807, 2.05) is 12.1 Å². The predicted molar refractivity (Wildman–Crippen MR) is 52.0 cm³/mol. The Kier molecular flexibility index (Phi) is 0.944. The zero-order valence-corrected chi connectivity index (χ0v) is 7.73. The number of carbonyl (C=O) groups excluding carboxylic acids is 1. The van der Waals surface area contributed by atoms with E-state index in [1.165, 1.54) is 17.5 Å². The van der Waals surface area contributed by atoms with Gasteiger partial charge in [0, 0.05) is 5.56 Å². The van der Waals surface area contributed by atoms with E-state index in [0.29, 0.717) is 5.56 Å². The minimum atomic E-state index is -0.302. The van der Waals surface area contributed by atoms with Crippen molar-refractivity contribution in [3.05, 3.63) is 34.9 Å². The summed E-state index contributed by atoms with van der Waals surface area (Å²) in [6, 6.07) is 6.01. The van der Waals surface area contributed by atoms with Crippen molar-refractivity contribution in [3.63, 3.8) is 0 Å². The molecule has 2 heteroatoms. The van der Waals surface area contributed by atoms with E-state index in [4.69, 9.17) is 5.73 Å². The topological polar surface area (TPSA) is 43.1 Å². The molecular weight excluding hydrogens is 174 g/mol. The number of carbonyl (C=O) groups is 1. The lowest BCUT2D eigenvalue weighted by Gasteiger charge is -2.26. The van der Waals surface area contributed by atoms with Gasteiger partial charge >= 0.3 is 0 Å². The monoisotopic (exact) mass is 185 g/mol. The first-order valence-corrected chi connectivity index (χ1v) is 5.21. The van der Waals surface area contributed by atoms with E-state index in [9.17, 15) is 4.79 Å². The second kappa shape index (κ2) is 1.88. The number of hydrogen-bond donors (Lipinski definition) is 1. The first-order valence-electron chi connectivity index (χ1n) is 5.21. The van der Waals surface area contributed by atoms with Crippen LogP contribution in [0.5, 0.6) is 0 Å². The Hall–Kier alpha value is -1.31. The maximum atomic E-state index is 11.0. The maximum Gasteiger partial charge on any atom is 0.248 e. The third kappa shape index (κ3) is 0.578. The molecular formula is C12H11NO. The summed E-state index contributed by atoms with van der Waals surface area (Å²) in [7, 11) is 0. The van der Waals surface area contributed by atoms with Crippen molar-refractivity contribution in [2.24, 2.45) is 17.6 Å². The normalized spacial score (nSPS) is 39.7. The number of primary amides is 1. The Balaban J connectivity index is 1.90. The minimum Gasteiger partial charge on any atom is -0.366 e. The molecule has 0 heterocycles. The summed E-state index contributed by atoms with van der Waals surface area (Å²) >= 11 is 0. The van der Waals surface area contributed by atoms with Gasteiger partial charge < -0.3 is 5.73 Å². The fraction of sp³-hybridized carbons (Fsp3) is 0.417. The molecule has 2 N–H and O–H groups in total. The lowest BCUT2D eigenvalue weighted by molar-refractivity contribution is 0.1000. The molecule has 3 aliphatic rings. The van der Waals surface area contributed by atoms with Gasteiger partial charge in [-0.25, -0.2) is 0 Å². The summed E-state index contributed by atoms with van der Waals surface area (Å²) in [6.45, 7) is 0. The largest absolute Gasteiger partial charge is 0.366 e. The third-order valence-corrected chi connectivity index (χ3v) is 4.35. The number of hydrogen-bond acceptors (Lipinski definition) is 1. The molecule has 0 saturated heterocycles. The van der Waals surface area contributed by atoms with E-state index in [2.05, 4.69) is 6.07 Å². The molecule has 70 valence electrons.